The van der Waals surface area contributed by atoms with E-state index >= 15 is 0 Å². The maximum atomic E-state index is 13.3. The number of Topliss-reactive ketones (excluding diaryl/α,β-unsaturated/α-hetero) is 1. The van der Waals surface area contributed by atoms with Gasteiger partial charge in [-0.05, 0) is 66.1 Å². The number of aliphatic hydroxyl groups excluding tert-OH is 1. The van der Waals surface area contributed by atoms with E-state index in [1.165, 1.54) is 29.2 Å². The minimum absolute atomic E-state index is 0.0581. The van der Waals surface area contributed by atoms with E-state index in [1.54, 1.807) is 48.8 Å². The number of ether oxygens (including phenoxy) is 1. The van der Waals surface area contributed by atoms with Gasteiger partial charge in [0.2, 0.25) is 0 Å². The number of nitro groups is 1. The van der Waals surface area contributed by atoms with Crippen molar-refractivity contribution >= 4 is 23.1 Å². The van der Waals surface area contributed by atoms with Crippen molar-refractivity contribution in [2.24, 2.45) is 0 Å². The van der Waals surface area contributed by atoms with Crippen molar-refractivity contribution in [2.45, 2.75) is 26.1 Å². The summed E-state index contributed by atoms with van der Waals surface area (Å²) >= 11 is 0. The summed E-state index contributed by atoms with van der Waals surface area (Å²) in [7, 11) is 0. The monoisotopic (exact) mass is 535 g/mol. The number of aliphatic hydroxyl groups is 1. The van der Waals surface area contributed by atoms with Crippen LogP contribution in [-0.4, -0.2) is 31.6 Å². The van der Waals surface area contributed by atoms with Crippen LogP contribution in [0.4, 0.5) is 5.69 Å². The molecule has 1 N–H and O–H groups in total. The lowest BCUT2D eigenvalue weighted by atomic mass is 9.95. The average molecular weight is 536 g/mol. The molecule has 4 aromatic rings. The number of nitro benzene ring substituents is 1. The zero-order valence-electron chi connectivity index (χ0n) is 21.6. The Kier molecular flexibility index (Phi) is 7.37. The molecule has 1 fully saturated rings. The molecule has 0 aliphatic carbocycles. The zero-order chi connectivity index (χ0) is 28.2. The van der Waals surface area contributed by atoms with E-state index in [0.717, 1.165) is 11.1 Å². The third-order valence-corrected chi connectivity index (χ3v) is 6.65. The number of aromatic nitrogens is 1. The van der Waals surface area contributed by atoms with Crippen LogP contribution < -0.4 is 4.74 Å². The maximum Gasteiger partial charge on any atom is 0.295 e. The molecule has 5 rings (SSSR count). The first-order valence-corrected chi connectivity index (χ1v) is 12.5. The lowest BCUT2D eigenvalue weighted by Crippen LogP contribution is -2.29. The Balaban J connectivity index is 1.48. The molecule has 1 amide bonds. The summed E-state index contributed by atoms with van der Waals surface area (Å²) in [5.74, 6) is -1.40. The molecule has 1 aliphatic rings. The molecule has 1 saturated heterocycles. The van der Waals surface area contributed by atoms with Crippen LogP contribution in [-0.2, 0) is 22.7 Å². The van der Waals surface area contributed by atoms with Gasteiger partial charge in [0.25, 0.3) is 17.4 Å². The van der Waals surface area contributed by atoms with E-state index in [2.05, 4.69) is 4.98 Å². The van der Waals surface area contributed by atoms with Gasteiger partial charge in [0.1, 0.15) is 18.1 Å². The topological polar surface area (TPSA) is 123 Å². The molecule has 9 nitrogen and oxygen atoms in total. The van der Waals surface area contributed by atoms with Crippen molar-refractivity contribution < 1.29 is 24.4 Å². The van der Waals surface area contributed by atoms with Crippen LogP contribution in [0.2, 0.25) is 0 Å². The number of rotatable bonds is 8. The number of pyridine rings is 1. The lowest BCUT2D eigenvalue weighted by molar-refractivity contribution is -0.384. The lowest BCUT2D eigenvalue weighted by Gasteiger charge is -2.25. The predicted molar refractivity (Wildman–Crippen MR) is 147 cm³/mol. The first-order valence-electron chi connectivity index (χ1n) is 12.5. The largest absolute Gasteiger partial charge is 0.507 e. The number of ketones is 1. The molecule has 40 heavy (non-hydrogen) atoms. The van der Waals surface area contributed by atoms with Gasteiger partial charge in [0.15, 0.2) is 0 Å². The Morgan fingerprint density at radius 1 is 1.00 bits per heavy atom. The summed E-state index contributed by atoms with van der Waals surface area (Å²) in [6.45, 7) is 2.43. The second-order valence-electron chi connectivity index (χ2n) is 9.44. The number of non-ortho nitro benzene ring substituents is 1. The van der Waals surface area contributed by atoms with Crippen molar-refractivity contribution in [1.82, 2.24) is 9.88 Å². The molecule has 0 bridgehead atoms. The number of aryl methyl sites for hydroxylation is 1. The summed E-state index contributed by atoms with van der Waals surface area (Å²) in [6, 6.07) is 22.7. The van der Waals surface area contributed by atoms with Gasteiger partial charge < -0.3 is 14.7 Å². The van der Waals surface area contributed by atoms with Crippen molar-refractivity contribution in [2.75, 3.05) is 0 Å². The SMILES string of the molecule is Cc1cccc(COc2ccc(/C(O)=C3\C(=O)C(=O)N(Cc4cccnc4)C3c3ccc([N+](=O)[O-])cc3)cc2)c1. The van der Waals surface area contributed by atoms with Crippen LogP contribution >= 0.6 is 0 Å². The molecule has 0 radical (unpaired) electrons. The van der Waals surface area contributed by atoms with Gasteiger partial charge in [-0.25, -0.2) is 0 Å². The van der Waals surface area contributed by atoms with Gasteiger partial charge in [-0.15, -0.1) is 0 Å². The molecular formula is C31H25N3O6. The first-order chi connectivity index (χ1) is 19.3. The van der Waals surface area contributed by atoms with Crippen LogP contribution in [0.3, 0.4) is 0 Å². The highest BCUT2D eigenvalue weighted by atomic mass is 16.6. The second kappa shape index (κ2) is 11.2. The number of nitrogens with zero attached hydrogens (tertiary/aromatic N) is 3. The van der Waals surface area contributed by atoms with E-state index in [-0.39, 0.29) is 23.6 Å². The van der Waals surface area contributed by atoms with Gasteiger partial charge in [0, 0.05) is 36.6 Å². The Morgan fingerprint density at radius 3 is 2.38 bits per heavy atom. The Morgan fingerprint density at radius 2 is 1.73 bits per heavy atom. The fourth-order valence-electron chi connectivity index (χ4n) is 4.69. The molecule has 2 heterocycles. The van der Waals surface area contributed by atoms with Gasteiger partial charge in [-0.2, -0.15) is 0 Å². The first kappa shape index (κ1) is 26.3. The minimum Gasteiger partial charge on any atom is -0.507 e. The van der Waals surface area contributed by atoms with Gasteiger partial charge in [-0.1, -0.05) is 35.9 Å². The molecule has 9 heteroatoms. The van der Waals surface area contributed by atoms with E-state index in [9.17, 15) is 24.8 Å². The van der Waals surface area contributed by atoms with Crippen LogP contribution in [0.15, 0.2) is 103 Å². The Bertz CT molecular complexity index is 1600. The number of likely N-dealkylation sites (tertiary alicyclic amines) is 1. The molecule has 0 saturated carbocycles. The number of hydrogen-bond donors (Lipinski definition) is 1. The number of benzene rings is 3. The Labute approximate surface area is 230 Å². The predicted octanol–water partition coefficient (Wildman–Crippen LogP) is 5.50. The maximum absolute atomic E-state index is 13.3. The van der Waals surface area contributed by atoms with E-state index in [0.29, 0.717) is 29.0 Å². The number of hydrogen-bond acceptors (Lipinski definition) is 7. The highest BCUT2D eigenvalue weighted by Gasteiger charge is 2.46. The highest BCUT2D eigenvalue weighted by molar-refractivity contribution is 6.46. The van der Waals surface area contributed by atoms with Crippen molar-refractivity contribution in [3.05, 3.63) is 141 Å². The highest BCUT2D eigenvalue weighted by Crippen LogP contribution is 2.40. The Hall–Kier alpha value is -5.31. The summed E-state index contributed by atoms with van der Waals surface area (Å²) in [5, 5.41) is 22.5. The van der Waals surface area contributed by atoms with Crippen LogP contribution in [0, 0.1) is 17.0 Å². The second-order valence-corrected chi connectivity index (χ2v) is 9.44. The van der Waals surface area contributed by atoms with Crippen LogP contribution in [0.25, 0.3) is 5.76 Å². The summed E-state index contributed by atoms with van der Waals surface area (Å²) in [5.41, 5.74) is 3.38. The third-order valence-electron chi connectivity index (χ3n) is 6.65. The standard InChI is InChI=1S/C31H25N3O6/c1-20-4-2-5-21(16-20)19-40-26-13-9-24(10-14-26)29(35)27-28(23-7-11-25(12-8-23)34(38)39)33(31(37)30(27)36)18-22-6-3-15-32-17-22/h2-17,28,35H,18-19H2,1H3/b29-27+. The van der Waals surface area contributed by atoms with Crippen LogP contribution in [0.1, 0.15) is 33.9 Å². The zero-order valence-corrected chi connectivity index (χ0v) is 21.6. The quantitative estimate of drug-likeness (QED) is 0.104. The van der Waals surface area contributed by atoms with Crippen molar-refractivity contribution in [1.29, 1.82) is 0 Å². The third kappa shape index (κ3) is 5.44. The van der Waals surface area contributed by atoms with E-state index in [4.69, 9.17) is 4.74 Å². The average Bonchev–Trinajstić information content (AvgIpc) is 3.21. The molecular weight excluding hydrogens is 510 g/mol. The molecule has 1 atom stereocenters. The molecule has 1 aromatic heterocycles. The summed E-state index contributed by atoms with van der Waals surface area (Å²) in [6.07, 6.45) is 3.18. The number of carbonyl (C=O) groups excluding carboxylic acids is 2. The number of amides is 1. The van der Waals surface area contributed by atoms with Crippen molar-refractivity contribution in [3.63, 3.8) is 0 Å². The van der Waals surface area contributed by atoms with Crippen molar-refractivity contribution in [3.8, 4) is 5.75 Å². The van der Waals surface area contributed by atoms with Gasteiger partial charge >= 0.3 is 0 Å². The van der Waals surface area contributed by atoms with Crippen LogP contribution in [0.5, 0.6) is 5.75 Å². The van der Waals surface area contributed by atoms with E-state index in [1.807, 2.05) is 31.2 Å². The molecule has 0 spiro atoms. The molecule has 1 unspecified atom stereocenters. The summed E-state index contributed by atoms with van der Waals surface area (Å²) < 4.78 is 5.86. The van der Waals surface area contributed by atoms with Gasteiger partial charge in [-0.3, -0.25) is 24.7 Å². The summed E-state index contributed by atoms with van der Waals surface area (Å²) in [4.78, 5) is 42.5. The van der Waals surface area contributed by atoms with E-state index < -0.39 is 22.7 Å². The fourth-order valence-corrected chi connectivity index (χ4v) is 4.69. The molecule has 200 valence electrons. The van der Waals surface area contributed by atoms with Gasteiger partial charge in [0.05, 0.1) is 16.5 Å². The number of carbonyl (C=O) groups is 2. The normalized spacial score (nSPS) is 16.2. The fraction of sp³-hybridized carbons (Fsp3) is 0.129. The molecule has 1 aliphatic heterocycles. The minimum atomic E-state index is -0.960. The molecule has 3 aromatic carbocycles. The smallest absolute Gasteiger partial charge is 0.295 e.